The van der Waals surface area contributed by atoms with Gasteiger partial charge in [-0.1, -0.05) is 12.1 Å². The molecule has 2 rings (SSSR count). The lowest BCUT2D eigenvalue weighted by Crippen LogP contribution is -2.28. The van der Waals surface area contributed by atoms with Crippen molar-refractivity contribution in [3.8, 4) is 5.75 Å². The first-order valence-corrected chi connectivity index (χ1v) is 8.10. The van der Waals surface area contributed by atoms with E-state index in [2.05, 4.69) is 4.72 Å². The largest absolute Gasteiger partial charge is 0.489 e. The van der Waals surface area contributed by atoms with Crippen molar-refractivity contribution in [2.24, 2.45) is 0 Å². The molecule has 24 heavy (non-hydrogen) atoms. The number of ether oxygens (including phenoxy) is 1. The van der Waals surface area contributed by atoms with Gasteiger partial charge in [0.2, 0.25) is 15.8 Å². The molecule has 0 saturated carbocycles. The van der Waals surface area contributed by atoms with E-state index in [1.165, 1.54) is 18.2 Å². The van der Waals surface area contributed by atoms with Crippen LogP contribution in [0.25, 0.3) is 0 Å². The predicted molar refractivity (Wildman–Crippen MR) is 80.1 cm³/mol. The first kappa shape index (κ1) is 17.8. The van der Waals surface area contributed by atoms with E-state index in [1.54, 1.807) is 6.07 Å². The molecule has 0 fully saturated rings. The predicted octanol–water partition coefficient (Wildman–Crippen LogP) is 2.23. The summed E-state index contributed by atoms with van der Waals surface area (Å²) in [4.78, 5) is 9.17. The third kappa shape index (κ3) is 4.24. The summed E-state index contributed by atoms with van der Waals surface area (Å²) in [5.74, 6) is -1.76. The summed E-state index contributed by atoms with van der Waals surface area (Å²) in [6, 6.07) is 7.83. The molecule has 0 atom stereocenters. The average molecular weight is 358 g/mol. The summed E-state index contributed by atoms with van der Waals surface area (Å²) in [6.07, 6.45) is 0. The van der Waals surface area contributed by atoms with Gasteiger partial charge in [-0.2, -0.15) is 4.39 Å². The molecule has 2 aromatic carbocycles. The Balaban J connectivity index is 2.00. The van der Waals surface area contributed by atoms with Crippen LogP contribution in [0.4, 0.5) is 14.5 Å². The number of hydrogen-bond donors (Lipinski definition) is 1. The normalized spacial score (nSPS) is 11.2. The number of benzene rings is 2. The maximum atomic E-state index is 13.3. The van der Waals surface area contributed by atoms with Gasteiger partial charge in [0, 0.05) is 12.6 Å². The van der Waals surface area contributed by atoms with Gasteiger partial charge in [-0.25, -0.2) is 17.5 Å². The standard InChI is InChI=1S/C14H12F2N2O5S/c15-11-6-5-10(9-13(11)18(19)20)24(21,22)17-7-8-23-14-4-2-1-3-12(14)16/h1-6,9,17H,7-8H2. The molecule has 0 aliphatic rings. The van der Waals surface area contributed by atoms with Crippen LogP contribution in [0.5, 0.6) is 5.75 Å². The first-order chi connectivity index (χ1) is 11.3. The van der Waals surface area contributed by atoms with Crippen LogP contribution in [0.1, 0.15) is 0 Å². The number of hydrogen-bond acceptors (Lipinski definition) is 5. The monoisotopic (exact) mass is 358 g/mol. The zero-order valence-electron chi connectivity index (χ0n) is 12.1. The second-order valence-electron chi connectivity index (χ2n) is 4.55. The lowest BCUT2D eigenvalue weighted by molar-refractivity contribution is -0.387. The van der Waals surface area contributed by atoms with Crippen molar-refractivity contribution >= 4 is 15.7 Å². The minimum absolute atomic E-state index is 0.0332. The molecule has 128 valence electrons. The fraction of sp³-hybridized carbons (Fsp3) is 0.143. The highest BCUT2D eigenvalue weighted by Gasteiger charge is 2.21. The van der Waals surface area contributed by atoms with Crippen LogP contribution in [0.15, 0.2) is 47.4 Å². The second-order valence-corrected chi connectivity index (χ2v) is 6.31. The molecule has 0 aromatic heterocycles. The van der Waals surface area contributed by atoms with Crippen LogP contribution in [0.3, 0.4) is 0 Å². The smallest absolute Gasteiger partial charge is 0.306 e. The third-order valence-corrected chi connectivity index (χ3v) is 4.37. The summed E-state index contributed by atoms with van der Waals surface area (Å²) >= 11 is 0. The molecule has 0 aliphatic carbocycles. The molecule has 0 unspecified atom stereocenters. The van der Waals surface area contributed by atoms with Gasteiger partial charge in [0.25, 0.3) is 0 Å². The number of halogens is 2. The lowest BCUT2D eigenvalue weighted by atomic mass is 10.3. The van der Waals surface area contributed by atoms with Crippen molar-refractivity contribution in [2.75, 3.05) is 13.2 Å². The SMILES string of the molecule is O=[N+]([O-])c1cc(S(=O)(=O)NCCOc2ccccc2F)ccc1F. The maximum Gasteiger partial charge on any atom is 0.306 e. The van der Waals surface area contributed by atoms with Crippen molar-refractivity contribution in [3.63, 3.8) is 0 Å². The van der Waals surface area contributed by atoms with Crippen LogP contribution in [0, 0.1) is 21.7 Å². The molecule has 0 saturated heterocycles. The molecular weight excluding hydrogens is 346 g/mol. The summed E-state index contributed by atoms with van der Waals surface area (Å²) in [5.41, 5.74) is -0.944. The maximum absolute atomic E-state index is 13.3. The van der Waals surface area contributed by atoms with Crippen LogP contribution < -0.4 is 9.46 Å². The average Bonchev–Trinajstić information content (AvgIpc) is 2.53. The van der Waals surface area contributed by atoms with Crippen molar-refractivity contribution in [1.29, 1.82) is 0 Å². The highest BCUT2D eigenvalue weighted by atomic mass is 32.2. The van der Waals surface area contributed by atoms with E-state index in [4.69, 9.17) is 4.74 Å². The van der Waals surface area contributed by atoms with Crippen LogP contribution in [-0.2, 0) is 10.0 Å². The third-order valence-electron chi connectivity index (χ3n) is 2.91. The summed E-state index contributed by atoms with van der Waals surface area (Å²) in [5, 5.41) is 10.6. The van der Waals surface area contributed by atoms with Gasteiger partial charge in [0.1, 0.15) is 6.61 Å². The van der Waals surface area contributed by atoms with E-state index in [9.17, 15) is 27.3 Å². The zero-order valence-corrected chi connectivity index (χ0v) is 12.9. The minimum atomic E-state index is -4.09. The highest BCUT2D eigenvalue weighted by Crippen LogP contribution is 2.21. The summed E-state index contributed by atoms with van der Waals surface area (Å²) in [6.45, 7) is -0.370. The van der Waals surface area contributed by atoms with Crippen LogP contribution in [0.2, 0.25) is 0 Å². The van der Waals surface area contributed by atoms with E-state index >= 15 is 0 Å². The highest BCUT2D eigenvalue weighted by molar-refractivity contribution is 7.89. The molecule has 0 radical (unpaired) electrons. The fourth-order valence-electron chi connectivity index (χ4n) is 1.78. The van der Waals surface area contributed by atoms with E-state index in [0.29, 0.717) is 12.1 Å². The molecule has 0 spiro atoms. The molecule has 1 N–H and O–H groups in total. The van der Waals surface area contributed by atoms with Gasteiger partial charge in [0.05, 0.1) is 9.82 Å². The Morgan fingerprint density at radius 1 is 1.12 bits per heavy atom. The topological polar surface area (TPSA) is 98.5 Å². The van der Waals surface area contributed by atoms with Gasteiger partial charge >= 0.3 is 5.69 Å². The van der Waals surface area contributed by atoms with Gasteiger partial charge in [-0.3, -0.25) is 10.1 Å². The van der Waals surface area contributed by atoms with Crippen LogP contribution in [-0.4, -0.2) is 26.5 Å². The van der Waals surface area contributed by atoms with Gasteiger partial charge in [-0.15, -0.1) is 0 Å². The lowest BCUT2D eigenvalue weighted by Gasteiger charge is -2.09. The number of para-hydroxylation sites is 1. The number of nitrogens with zero attached hydrogens (tertiary/aromatic N) is 1. The number of nitro benzene ring substituents is 1. The van der Waals surface area contributed by atoms with Crippen molar-refractivity contribution < 1.29 is 26.9 Å². The second kappa shape index (κ2) is 7.32. The van der Waals surface area contributed by atoms with Gasteiger partial charge in [0.15, 0.2) is 11.6 Å². The number of nitrogens with one attached hydrogen (secondary N) is 1. The molecule has 0 aliphatic heterocycles. The molecule has 10 heteroatoms. The van der Waals surface area contributed by atoms with E-state index in [1.807, 2.05) is 0 Å². The molecule has 0 amide bonds. The zero-order chi connectivity index (χ0) is 17.7. The Bertz CT molecular complexity index is 858. The summed E-state index contributed by atoms with van der Waals surface area (Å²) < 4.78 is 57.8. The number of nitro groups is 1. The van der Waals surface area contributed by atoms with Gasteiger partial charge in [-0.05, 0) is 24.3 Å². The Hall–Kier alpha value is -2.59. The van der Waals surface area contributed by atoms with Crippen LogP contribution >= 0.6 is 0 Å². The quantitative estimate of drug-likeness (QED) is 0.465. The molecule has 0 bridgehead atoms. The fourth-order valence-corrected chi connectivity index (χ4v) is 2.81. The molecule has 0 heterocycles. The number of rotatable bonds is 7. The minimum Gasteiger partial charge on any atom is -0.489 e. The Morgan fingerprint density at radius 3 is 2.50 bits per heavy atom. The Morgan fingerprint density at radius 2 is 1.83 bits per heavy atom. The van der Waals surface area contributed by atoms with Crippen molar-refractivity contribution in [3.05, 3.63) is 64.2 Å². The van der Waals surface area contributed by atoms with E-state index < -0.39 is 37.2 Å². The first-order valence-electron chi connectivity index (χ1n) is 6.62. The van der Waals surface area contributed by atoms with Crippen molar-refractivity contribution in [1.82, 2.24) is 4.72 Å². The van der Waals surface area contributed by atoms with Gasteiger partial charge < -0.3 is 4.74 Å². The summed E-state index contributed by atoms with van der Waals surface area (Å²) in [7, 11) is -4.09. The van der Waals surface area contributed by atoms with E-state index in [0.717, 1.165) is 6.07 Å². The molecule has 7 nitrogen and oxygen atoms in total. The Kier molecular flexibility index (Phi) is 5.42. The Labute approximate surface area is 136 Å². The molecule has 2 aromatic rings. The van der Waals surface area contributed by atoms with Crippen molar-refractivity contribution in [2.45, 2.75) is 4.90 Å². The number of sulfonamides is 1. The molecular formula is C14H12F2N2O5S. The van der Waals surface area contributed by atoms with E-state index in [-0.39, 0.29) is 18.9 Å².